The van der Waals surface area contributed by atoms with Crippen molar-refractivity contribution in [1.29, 1.82) is 0 Å². The number of hydrogen-bond donors (Lipinski definition) is 1. The van der Waals surface area contributed by atoms with Crippen LogP contribution in [0, 0.1) is 0 Å². The molecule has 0 aliphatic heterocycles. The van der Waals surface area contributed by atoms with E-state index in [4.69, 9.17) is 5.73 Å². The second-order valence-corrected chi connectivity index (χ2v) is 16.5. The van der Waals surface area contributed by atoms with E-state index in [1.54, 1.807) is 0 Å². The van der Waals surface area contributed by atoms with Crippen molar-refractivity contribution in [2.75, 3.05) is 0 Å². The van der Waals surface area contributed by atoms with Crippen molar-refractivity contribution in [2.24, 2.45) is 5.73 Å². The van der Waals surface area contributed by atoms with E-state index in [0.29, 0.717) is 6.54 Å². The molecule has 1 spiro atoms. The van der Waals surface area contributed by atoms with Gasteiger partial charge in [0.25, 0.3) is 0 Å². The molecular formula is C58H47N. The van der Waals surface area contributed by atoms with Gasteiger partial charge in [-0.2, -0.15) is 0 Å². The second-order valence-electron chi connectivity index (χ2n) is 16.5. The van der Waals surface area contributed by atoms with Crippen LogP contribution in [-0.2, 0) is 23.8 Å². The molecule has 1 heteroatoms. The summed E-state index contributed by atoms with van der Waals surface area (Å²) in [5.41, 5.74) is 25.1. The highest BCUT2D eigenvalue weighted by Crippen LogP contribution is 2.63. The summed E-state index contributed by atoms with van der Waals surface area (Å²) in [6, 6.07) is 77.9. The van der Waals surface area contributed by atoms with Gasteiger partial charge in [-0.25, -0.2) is 0 Å². The maximum atomic E-state index is 5.54. The second kappa shape index (κ2) is 14.9. The molecule has 2 aliphatic rings. The van der Waals surface area contributed by atoms with Crippen molar-refractivity contribution in [3.05, 3.63) is 262 Å². The zero-order valence-electron chi connectivity index (χ0n) is 33.7. The van der Waals surface area contributed by atoms with Crippen LogP contribution in [0.5, 0.6) is 0 Å². The largest absolute Gasteiger partial charge is 0.326 e. The van der Waals surface area contributed by atoms with Crippen molar-refractivity contribution in [3.63, 3.8) is 0 Å². The monoisotopic (exact) mass is 757 g/mol. The van der Waals surface area contributed by atoms with Crippen molar-refractivity contribution in [2.45, 2.75) is 37.6 Å². The highest BCUT2D eigenvalue weighted by Gasteiger charge is 2.53. The zero-order chi connectivity index (χ0) is 40.0. The topological polar surface area (TPSA) is 26.0 Å². The van der Waals surface area contributed by atoms with E-state index in [9.17, 15) is 0 Å². The van der Waals surface area contributed by atoms with Crippen molar-refractivity contribution in [3.8, 4) is 33.4 Å². The predicted octanol–water partition coefficient (Wildman–Crippen LogP) is 13.9. The fourth-order valence-electron chi connectivity index (χ4n) is 10.1. The van der Waals surface area contributed by atoms with Gasteiger partial charge in [0.1, 0.15) is 0 Å². The minimum Gasteiger partial charge on any atom is -0.326 e. The molecule has 0 saturated carbocycles. The van der Waals surface area contributed by atoms with Crippen LogP contribution in [-0.4, -0.2) is 0 Å². The van der Waals surface area contributed by atoms with E-state index in [-0.39, 0.29) is 5.41 Å². The van der Waals surface area contributed by atoms with Gasteiger partial charge < -0.3 is 5.73 Å². The fraction of sp³-hybridized carbons (Fsp3) is 0.103. The van der Waals surface area contributed by atoms with Crippen LogP contribution in [0.4, 0.5) is 0 Å². The lowest BCUT2D eigenvalue weighted by Gasteiger charge is -2.46. The first kappa shape index (κ1) is 36.5. The molecule has 11 rings (SSSR count). The lowest BCUT2D eigenvalue weighted by molar-refractivity contribution is 0.563. The third kappa shape index (κ3) is 6.04. The van der Waals surface area contributed by atoms with Crippen LogP contribution in [0.25, 0.3) is 44.2 Å². The average molecular weight is 758 g/mol. The Kier molecular flexibility index (Phi) is 9.20. The number of nitrogens with two attached hydrogens (primary N) is 1. The van der Waals surface area contributed by atoms with Gasteiger partial charge in [0.2, 0.25) is 0 Å². The van der Waals surface area contributed by atoms with Crippen LogP contribution in [0.3, 0.4) is 0 Å². The molecule has 0 unspecified atom stereocenters. The van der Waals surface area contributed by atoms with Gasteiger partial charge in [-0.05, 0) is 107 Å². The van der Waals surface area contributed by atoms with Gasteiger partial charge in [0, 0.05) is 12.0 Å². The van der Waals surface area contributed by atoms with Crippen LogP contribution in [0.2, 0.25) is 0 Å². The minimum absolute atomic E-state index is 0.105. The summed E-state index contributed by atoms with van der Waals surface area (Å²) >= 11 is 0. The average Bonchev–Trinajstić information content (AvgIpc) is 3.60. The Bertz CT molecular complexity index is 2900. The first-order valence-electron chi connectivity index (χ1n) is 20.8. The summed E-state index contributed by atoms with van der Waals surface area (Å²) in [6.45, 7) is 5.39. The van der Waals surface area contributed by atoms with Gasteiger partial charge in [-0.3, -0.25) is 0 Å². The van der Waals surface area contributed by atoms with Crippen LogP contribution < -0.4 is 5.73 Å². The van der Waals surface area contributed by atoms with E-state index in [2.05, 4.69) is 208 Å². The van der Waals surface area contributed by atoms with Gasteiger partial charge in [0.05, 0.1) is 5.41 Å². The number of rotatable bonds is 5. The molecule has 9 aromatic rings. The summed E-state index contributed by atoms with van der Waals surface area (Å²) < 4.78 is 0. The van der Waals surface area contributed by atoms with Crippen molar-refractivity contribution in [1.82, 2.24) is 0 Å². The highest BCUT2D eigenvalue weighted by molar-refractivity contribution is 5.99. The van der Waals surface area contributed by atoms with Crippen LogP contribution in [0.15, 0.2) is 212 Å². The fourth-order valence-corrected chi connectivity index (χ4v) is 10.1. The van der Waals surface area contributed by atoms with Gasteiger partial charge in [0.15, 0.2) is 0 Å². The molecule has 1 nitrogen and oxygen atoms in total. The lowest BCUT2D eigenvalue weighted by Crippen LogP contribution is -2.40. The minimum atomic E-state index is -0.392. The maximum absolute atomic E-state index is 5.54. The molecule has 0 atom stereocenters. The summed E-state index contributed by atoms with van der Waals surface area (Å²) in [5.74, 6) is 0. The van der Waals surface area contributed by atoms with Gasteiger partial charge in [-0.1, -0.05) is 220 Å². The molecule has 9 aromatic carbocycles. The Morgan fingerprint density at radius 2 is 0.932 bits per heavy atom. The summed E-state index contributed by atoms with van der Waals surface area (Å²) in [7, 11) is 0. The molecule has 0 bridgehead atoms. The zero-order valence-corrected chi connectivity index (χ0v) is 33.7. The Hall–Kier alpha value is -6.80. The third-order valence-corrected chi connectivity index (χ3v) is 12.9. The molecule has 0 amide bonds. The lowest BCUT2D eigenvalue weighted by atomic mass is 9.55. The number of hydrogen-bond acceptors (Lipinski definition) is 1. The normalized spacial score (nSPS) is 13.7. The van der Waals surface area contributed by atoms with E-state index in [1.165, 1.54) is 94.2 Å². The van der Waals surface area contributed by atoms with E-state index in [0.717, 1.165) is 6.42 Å². The van der Waals surface area contributed by atoms with Crippen molar-refractivity contribution >= 4 is 10.8 Å². The molecule has 0 aromatic heterocycles. The SMILES string of the molecule is CC1(C)c2ccccc2C2(c3ccc(-c4cccc5ccccc45)cc3-c3c(Cc4ccccc4)cccc32)c2ccccc21.NCc1ccc(-c2ccccc2)cc1. The third-order valence-electron chi connectivity index (χ3n) is 12.9. The molecule has 284 valence electrons. The Morgan fingerprint density at radius 1 is 0.390 bits per heavy atom. The predicted molar refractivity (Wildman–Crippen MR) is 248 cm³/mol. The summed E-state index contributed by atoms with van der Waals surface area (Å²) in [4.78, 5) is 0. The first-order valence-corrected chi connectivity index (χ1v) is 20.8. The molecule has 2 aliphatic carbocycles. The first-order chi connectivity index (χ1) is 29.0. The van der Waals surface area contributed by atoms with Crippen LogP contribution >= 0.6 is 0 Å². The molecule has 0 saturated heterocycles. The van der Waals surface area contributed by atoms with E-state index >= 15 is 0 Å². The van der Waals surface area contributed by atoms with E-state index in [1.807, 2.05) is 18.2 Å². The Labute approximate surface area is 348 Å². The molecule has 59 heavy (non-hydrogen) atoms. The summed E-state index contributed by atoms with van der Waals surface area (Å²) in [6.07, 6.45) is 0.896. The number of fused-ring (bicyclic) bond motifs is 10. The van der Waals surface area contributed by atoms with Crippen LogP contribution in [0.1, 0.15) is 63.9 Å². The Balaban J connectivity index is 0.000000255. The highest BCUT2D eigenvalue weighted by atomic mass is 14.5. The van der Waals surface area contributed by atoms with E-state index < -0.39 is 5.41 Å². The van der Waals surface area contributed by atoms with Gasteiger partial charge in [-0.15, -0.1) is 0 Å². The Morgan fingerprint density at radius 3 is 1.63 bits per heavy atom. The van der Waals surface area contributed by atoms with Gasteiger partial charge >= 0.3 is 0 Å². The van der Waals surface area contributed by atoms with Crippen molar-refractivity contribution < 1.29 is 0 Å². The molecule has 0 heterocycles. The number of benzene rings is 9. The maximum Gasteiger partial charge on any atom is 0.0719 e. The standard InChI is InChI=1S/C45H34.C13H13N/c1-44(2)38-21-8-10-23-40(38)45(41-24-11-9-22-39(41)44)37-27-26-32(35-20-12-17-31-16-6-7-19-34(31)35)29-36(37)43-33(18-13-25-42(43)45)28-30-14-4-3-5-15-30;14-10-11-6-8-13(9-7-11)12-4-2-1-3-5-12/h3-27,29H,28H2,1-2H3;1-9H,10,14H2. The molecular weight excluding hydrogens is 711 g/mol. The molecule has 2 N–H and O–H groups in total. The smallest absolute Gasteiger partial charge is 0.0719 e. The molecule has 0 radical (unpaired) electrons. The molecule has 0 fully saturated rings. The quantitative estimate of drug-likeness (QED) is 0.186. The summed E-state index contributed by atoms with van der Waals surface area (Å²) in [5, 5.41) is 2.56.